The largest absolute Gasteiger partial charge is 0.323 e. The molecule has 3 aromatic heterocycles. The lowest BCUT2D eigenvalue weighted by Gasteiger charge is -2.12. The van der Waals surface area contributed by atoms with Crippen molar-refractivity contribution in [2.75, 3.05) is 10.6 Å². The molecule has 8 nitrogen and oxygen atoms in total. The lowest BCUT2D eigenvalue weighted by Crippen LogP contribution is -2.02. The van der Waals surface area contributed by atoms with E-state index >= 15 is 0 Å². The minimum absolute atomic E-state index is 0.658. The van der Waals surface area contributed by atoms with Gasteiger partial charge in [-0.05, 0) is 22.9 Å². The molecular formula is C18H14N8. The van der Waals surface area contributed by atoms with Crippen LogP contribution >= 0.6 is 0 Å². The molecule has 0 spiro atoms. The van der Waals surface area contributed by atoms with Crippen molar-refractivity contribution in [1.82, 2.24) is 30.6 Å². The second-order valence-electron chi connectivity index (χ2n) is 5.83. The maximum atomic E-state index is 4.36. The van der Waals surface area contributed by atoms with Crippen LogP contribution in [0.1, 0.15) is 0 Å². The fourth-order valence-corrected chi connectivity index (χ4v) is 2.93. The molecular weight excluding hydrogens is 328 g/mol. The summed E-state index contributed by atoms with van der Waals surface area (Å²) in [6.07, 6.45) is 3.36. The molecule has 0 fully saturated rings. The standard InChI is InChI=1S/C18H14N8/c1-2-4-12-10-14-13(9-11(12)3-1)17(21-15-5-7-19-23-15)25-26-18(14)22-16-6-8-20-24-16/h1-10H,(H2,19,21,23,25)(H2,20,22,24,26). The van der Waals surface area contributed by atoms with Crippen LogP contribution in [0.2, 0.25) is 0 Å². The Morgan fingerprint density at radius 1 is 0.654 bits per heavy atom. The van der Waals surface area contributed by atoms with Gasteiger partial charge in [0.2, 0.25) is 0 Å². The van der Waals surface area contributed by atoms with Crippen molar-refractivity contribution >= 4 is 44.8 Å². The Morgan fingerprint density at radius 3 is 1.58 bits per heavy atom. The quantitative estimate of drug-likeness (QED) is 0.371. The van der Waals surface area contributed by atoms with Crippen LogP contribution in [0.3, 0.4) is 0 Å². The third-order valence-electron chi connectivity index (χ3n) is 4.15. The highest BCUT2D eigenvalue weighted by Gasteiger charge is 2.12. The molecule has 0 saturated carbocycles. The SMILES string of the molecule is c1ccc2cc3c(Nc4ccn[nH]4)nnc(Nc4ccn[nH]4)c3cc2c1. The highest BCUT2D eigenvalue weighted by Crippen LogP contribution is 2.32. The molecule has 0 aliphatic carbocycles. The molecule has 0 bridgehead atoms. The molecule has 5 rings (SSSR count). The maximum absolute atomic E-state index is 4.36. The van der Waals surface area contributed by atoms with Gasteiger partial charge >= 0.3 is 0 Å². The first kappa shape index (κ1) is 14.4. The van der Waals surface area contributed by atoms with E-state index in [2.05, 4.69) is 65.5 Å². The van der Waals surface area contributed by atoms with Gasteiger partial charge in [0, 0.05) is 22.9 Å². The highest BCUT2D eigenvalue weighted by atomic mass is 15.3. The number of rotatable bonds is 4. The summed E-state index contributed by atoms with van der Waals surface area (Å²) in [5, 5.41) is 33.1. The molecule has 2 aromatic carbocycles. The predicted molar refractivity (Wildman–Crippen MR) is 101 cm³/mol. The van der Waals surface area contributed by atoms with Gasteiger partial charge < -0.3 is 10.6 Å². The van der Waals surface area contributed by atoms with Crippen LogP contribution in [-0.4, -0.2) is 30.6 Å². The number of nitrogens with one attached hydrogen (secondary N) is 4. The van der Waals surface area contributed by atoms with E-state index in [1.165, 1.54) is 0 Å². The number of hydrogen-bond donors (Lipinski definition) is 4. The molecule has 8 heteroatoms. The Labute approximate surface area is 147 Å². The van der Waals surface area contributed by atoms with E-state index in [0.717, 1.165) is 33.2 Å². The van der Waals surface area contributed by atoms with E-state index in [1.807, 2.05) is 24.3 Å². The minimum atomic E-state index is 0.658. The lowest BCUT2D eigenvalue weighted by molar-refractivity contribution is 1.04. The second kappa shape index (κ2) is 5.85. The first-order valence-corrected chi connectivity index (χ1v) is 8.09. The number of anilines is 4. The topological polar surface area (TPSA) is 107 Å². The summed E-state index contributed by atoms with van der Waals surface area (Å²) in [5.74, 6) is 2.82. The Kier molecular flexibility index (Phi) is 3.24. The van der Waals surface area contributed by atoms with Crippen LogP contribution in [-0.2, 0) is 0 Å². The molecule has 0 unspecified atom stereocenters. The summed E-state index contributed by atoms with van der Waals surface area (Å²) in [5.41, 5.74) is 0. The Bertz CT molecular complexity index is 1080. The molecule has 126 valence electrons. The average molecular weight is 342 g/mol. The van der Waals surface area contributed by atoms with E-state index < -0.39 is 0 Å². The van der Waals surface area contributed by atoms with Gasteiger partial charge in [0.05, 0.1) is 12.4 Å². The molecule has 4 N–H and O–H groups in total. The van der Waals surface area contributed by atoms with E-state index in [9.17, 15) is 0 Å². The summed E-state index contributed by atoms with van der Waals surface area (Å²) < 4.78 is 0. The van der Waals surface area contributed by atoms with Crippen molar-refractivity contribution < 1.29 is 0 Å². The number of hydrogen-bond acceptors (Lipinski definition) is 6. The monoisotopic (exact) mass is 342 g/mol. The predicted octanol–water partition coefficient (Wildman–Crippen LogP) is 3.72. The van der Waals surface area contributed by atoms with Crippen LogP contribution < -0.4 is 10.6 Å². The molecule has 0 saturated heterocycles. The minimum Gasteiger partial charge on any atom is -0.323 e. The molecule has 0 aliphatic rings. The summed E-state index contributed by atoms with van der Waals surface area (Å²) >= 11 is 0. The van der Waals surface area contributed by atoms with Crippen LogP contribution in [0.5, 0.6) is 0 Å². The third-order valence-corrected chi connectivity index (χ3v) is 4.15. The zero-order valence-corrected chi connectivity index (χ0v) is 13.6. The number of benzene rings is 2. The highest BCUT2D eigenvalue weighted by molar-refractivity contribution is 6.07. The Morgan fingerprint density at radius 2 is 1.15 bits per heavy atom. The third kappa shape index (κ3) is 2.49. The smallest absolute Gasteiger partial charge is 0.162 e. The van der Waals surface area contributed by atoms with E-state index in [0.29, 0.717) is 11.6 Å². The number of aromatic amines is 2. The summed E-state index contributed by atoms with van der Waals surface area (Å²) in [6.45, 7) is 0. The van der Waals surface area contributed by atoms with Crippen molar-refractivity contribution in [2.24, 2.45) is 0 Å². The molecule has 0 radical (unpaired) electrons. The fourth-order valence-electron chi connectivity index (χ4n) is 2.93. The first-order chi connectivity index (χ1) is 12.9. The number of H-pyrrole nitrogens is 2. The number of fused-ring (bicyclic) bond motifs is 2. The Hall–Kier alpha value is -3.94. The second-order valence-corrected chi connectivity index (χ2v) is 5.83. The van der Waals surface area contributed by atoms with Crippen molar-refractivity contribution in [3.8, 4) is 0 Å². The molecule has 3 heterocycles. The summed E-state index contributed by atoms with van der Waals surface area (Å²) in [7, 11) is 0. The van der Waals surface area contributed by atoms with Crippen LogP contribution in [0.15, 0.2) is 60.9 Å². The van der Waals surface area contributed by atoms with Crippen LogP contribution in [0.25, 0.3) is 21.5 Å². The van der Waals surface area contributed by atoms with E-state index in [1.54, 1.807) is 12.4 Å². The molecule has 0 amide bonds. The van der Waals surface area contributed by atoms with Gasteiger partial charge in [-0.2, -0.15) is 10.2 Å². The maximum Gasteiger partial charge on any atom is 0.162 e. The Balaban J connectivity index is 1.71. The van der Waals surface area contributed by atoms with E-state index in [-0.39, 0.29) is 0 Å². The number of nitrogens with zero attached hydrogens (tertiary/aromatic N) is 4. The molecule has 0 aliphatic heterocycles. The number of aromatic nitrogens is 6. The normalized spacial score (nSPS) is 11.1. The fraction of sp³-hybridized carbons (Fsp3) is 0. The van der Waals surface area contributed by atoms with Gasteiger partial charge in [-0.1, -0.05) is 24.3 Å². The molecule has 5 aromatic rings. The van der Waals surface area contributed by atoms with Crippen LogP contribution in [0, 0.1) is 0 Å². The van der Waals surface area contributed by atoms with E-state index in [4.69, 9.17) is 0 Å². The van der Waals surface area contributed by atoms with Crippen molar-refractivity contribution in [1.29, 1.82) is 0 Å². The zero-order valence-electron chi connectivity index (χ0n) is 13.6. The van der Waals surface area contributed by atoms with Crippen molar-refractivity contribution in [3.63, 3.8) is 0 Å². The van der Waals surface area contributed by atoms with Gasteiger partial charge in [0.1, 0.15) is 11.6 Å². The molecule has 0 atom stereocenters. The average Bonchev–Trinajstić information content (AvgIpc) is 3.36. The summed E-state index contributed by atoms with van der Waals surface area (Å²) in [6, 6.07) is 16.1. The van der Waals surface area contributed by atoms with Gasteiger partial charge in [-0.15, -0.1) is 10.2 Å². The van der Waals surface area contributed by atoms with Gasteiger partial charge in [0.25, 0.3) is 0 Å². The van der Waals surface area contributed by atoms with Gasteiger partial charge in [-0.3, -0.25) is 10.2 Å². The van der Waals surface area contributed by atoms with Crippen molar-refractivity contribution in [2.45, 2.75) is 0 Å². The summed E-state index contributed by atoms with van der Waals surface area (Å²) in [4.78, 5) is 0. The lowest BCUT2D eigenvalue weighted by atomic mass is 10.0. The zero-order chi connectivity index (χ0) is 17.3. The van der Waals surface area contributed by atoms with Crippen molar-refractivity contribution in [3.05, 3.63) is 60.9 Å². The first-order valence-electron chi connectivity index (χ1n) is 8.09. The van der Waals surface area contributed by atoms with Gasteiger partial charge in [-0.25, -0.2) is 0 Å². The van der Waals surface area contributed by atoms with Gasteiger partial charge in [0.15, 0.2) is 11.6 Å². The molecule has 26 heavy (non-hydrogen) atoms. The van der Waals surface area contributed by atoms with Crippen LogP contribution in [0.4, 0.5) is 23.3 Å².